The van der Waals surface area contributed by atoms with Gasteiger partial charge >= 0.3 is 11.9 Å². The van der Waals surface area contributed by atoms with Crippen LogP contribution >= 0.6 is 12.6 Å². The third-order valence-corrected chi connectivity index (χ3v) is 3.92. The molecule has 154 valence electrons. The maximum atomic E-state index is 12.4. The molecule has 11 nitrogen and oxygen atoms in total. The fourth-order valence-corrected chi connectivity index (χ4v) is 2.08. The lowest BCUT2D eigenvalue weighted by atomic mass is 10.0. The van der Waals surface area contributed by atoms with Crippen molar-refractivity contribution in [3.63, 3.8) is 0 Å². The Morgan fingerprint density at radius 1 is 0.926 bits per heavy atom. The molecular weight excluding hydrogens is 380 g/mol. The Morgan fingerprint density at radius 2 is 1.48 bits per heavy atom. The van der Waals surface area contributed by atoms with E-state index in [1.54, 1.807) is 13.8 Å². The van der Waals surface area contributed by atoms with E-state index in [0.29, 0.717) is 0 Å². The molecule has 0 saturated heterocycles. The molecule has 4 atom stereocenters. The first-order valence-corrected chi connectivity index (χ1v) is 8.76. The number of nitrogens with one attached hydrogen (secondary N) is 3. The van der Waals surface area contributed by atoms with Crippen LogP contribution in [0, 0.1) is 5.92 Å². The first kappa shape index (κ1) is 24.7. The van der Waals surface area contributed by atoms with Gasteiger partial charge in [0.25, 0.3) is 0 Å². The number of rotatable bonds is 11. The van der Waals surface area contributed by atoms with Crippen LogP contribution in [0.25, 0.3) is 0 Å². The minimum atomic E-state index is -1.64. The average Bonchev–Trinajstić information content (AvgIpc) is 2.56. The quantitative estimate of drug-likeness (QED) is 0.191. The summed E-state index contributed by atoms with van der Waals surface area (Å²) in [7, 11) is 0. The number of carboxylic acids is 2. The van der Waals surface area contributed by atoms with Crippen molar-refractivity contribution in [2.24, 2.45) is 11.7 Å². The normalized spacial score (nSPS) is 15.2. The van der Waals surface area contributed by atoms with Crippen molar-refractivity contribution in [2.45, 2.75) is 51.4 Å². The largest absolute Gasteiger partial charge is 0.481 e. The molecule has 0 bridgehead atoms. The summed E-state index contributed by atoms with van der Waals surface area (Å²) in [6.07, 6.45) is -0.811. The molecule has 0 radical (unpaired) electrons. The molecular formula is C15H26N4O7S. The minimum Gasteiger partial charge on any atom is -0.481 e. The van der Waals surface area contributed by atoms with Crippen LogP contribution in [-0.2, 0) is 24.0 Å². The highest BCUT2D eigenvalue weighted by atomic mass is 32.1. The SMILES string of the molecule is CC(NC(=O)C(NC(=O)C(N)CS)C(C)C)C(=O)NC(CC(=O)O)C(=O)O. The maximum absolute atomic E-state index is 12.4. The molecule has 0 aliphatic carbocycles. The predicted octanol–water partition coefficient (Wildman–Crippen LogP) is -2.07. The summed E-state index contributed by atoms with van der Waals surface area (Å²) < 4.78 is 0. The number of nitrogens with two attached hydrogens (primary N) is 1. The van der Waals surface area contributed by atoms with Crippen LogP contribution in [0.3, 0.4) is 0 Å². The Kier molecular flexibility index (Phi) is 10.4. The zero-order valence-corrected chi connectivity index (χ0v) is 16.2. The van der Waals surface area contributed by atoms with Gasteiger partial charge in [-0.1, -0.05) is 13.8 Å². The lowest BCUT2D eigenvalue weighted by molar-refractivity contribution is -0.147. The predicted molar refractivity (Wildman–Crippen MR) is 98.0 cm³/mol. The van der Waals surface area contributed by atoms with Crippen LogP contribution in [0.1, 0.15) is 27.2 Å². The Morgan fingerprint density at radius 3 is 1.89 bits per heavy atom. The molecule has 0 aromatic rings. The van der Waals surface area contributed by atoms with Gasteiger partial charge in [0.1, 0.15) is 18.1 Å². The van der Waals surface area contributed by atoms with Crippen LogP contribution in [-0.4, -0.2) is 69.8 Å². The van der Waals surface area contributed by atoms with Gasteiger partial charge in [0.05, 0.1) is 12.5 Å². The van der Waals surface area contributed by atoms with Gasteiger partial charge in [0, 0.05) is 5.75 Å². The van der Waals surface area contributed by atoms with Gasteiger partial charge in [-0.2, -0.15) is 12.6 Å². The molecule has 0 saturated carbocycles. The van der Waals surface area contributed by atoms with E-state index in [-0.39, 0.29) is 11.7 Å². The van der Waals surface area contributed by atoms with Crippen LogP contribution < -0.4 is 21.7 Å². The van der Waals surface area contributed by atoms with Gasteiger partial charge in [0.2, 0.25) is 17.7 Å². The Balaban J connectivity index is 4.96. The van der Waals surface area contributed by atoms with Gasteiger partial charge in [-0.3, -0.25) is 19.2 Å². The highest BCUT2D eigenvalue weighted by molar-refractivity contribution is 7.80. The van der Waals surface area contributed by atoms with Gasteiger partial charge in [-0.05, 0) is 12.8 Å². The first-order valence-electron chi connectivity index (χ1n) is 8.12. The standard InChI is InChI=1S/C15H26N4O7S/c1-6(2)11(19-13(23)8(16)5-27)14(24)17-7(3)12(22)18-9(15(25)26)4-10(20)21/h6-9,11,27H,4-5,16H2,1-3H3,(H,17,24)(H,18,22)(H,19,23)(H,20,21)(H,25,26). The van der Waals surface area contributed by atoms with E-state index in [9.17, 15) is 24.0 Å². The van der Waals surface area contributed by atoms with Crippen molar-refractivity contribution < 1.29 is 34.2 Å². The summed E-state index contributed by atoms with van der Waals surface area (Å²) in [6.45, 7) is 4.65. The number of carbonyl (C=O) groups excluding carboxylic acids is 3. The molecule has 27 heavy (non-hydrogen) atoms. The van der Waals surface area contributed by atoms with E-state index < -0.39 is 60.2 Å². The molecule has 0 aromatic carbocycles. The van der Waals surface area contributed by atoms with Gasteiger partial charge in [-0.25, -0.2) is 4.79 Å². The Hall–Kier alpha value is -2.34. The molecule has 7 N–H and O–H groups in total. The van der Waals surface area contributed by atoms with E-state index in [2.05, 4.69) is 23.3 Å². The number of hydrogen-bond donors (Lipinski definition) is 7. The van der Waals surface area contributed by atoms with Gasteiger partial charge < -0.3 is 31.9 Å². The number of hydrogen-bond acceptors (Lipinski definition) is 7. The van der Waals surface area contributed by atoms with E-state index in [0.717, 1.165) is 0 Å². The van der Waals surface area contributed by atoms with Crippen molar-refractivity contribution in [3.8, 4) is 0 Å². The van der Waals surface area contributed by atoms with E-state index in [1.165, 1.54) is 6.92 Å². The second kappa shape index (κ2) is 11.4. The second-order valence-electron chi connectivity index (χ2n) is 6.25. The molecule has 3 amide bonds. The fraction of sp³-hybridized carbons (Fsp3) is 0.667. The van der Waals surface area contributed by atoms with Gasteiger partial charge in [0.15, 0.2) is 0 Å². The second-order valence-corrected chi connectivity index (χ2v) is 6.61. The molecule has 0 aliphatic rings. The third-order valence-electron chi connectivity index (χ3n) is 3.53. The van der Waals surface area contributed by atoms with Gasteiger partial charge in [-0.15, -0.1) is 0 Å². The summed E-state index contributed by atoms with van der Waals surface area (Å²) in [6, 6.07) is -4.68. The summed E-state index contributed by atoms with van der Waals surface area (Å²) in [5, 5.41) is 24.5. The molecule has 0 fully saturated rings. The van der Waals surface area contributed by atoms with E-state index >= 15 is 0 Å². The third kappa shape index (κ3) is 8.73. The Bertz CT molecular complexity index is 585. The first-order chi connectivity index (χ1) is 12.4. The van der Waals surface area contributed by atoms with Crippen molar-refractivity contribution in [2.75, 3.05) is 5.75 Å². The molecule has 0 spiro atoms. The number of aliphatic carboxylic acids is 2. The highest BCUT2D eigenvalue weighted by Crippen LogP contribution is 2.04. The average molecular weight is 406 g/mol. The van der Waals surface area contributed by atoms with Crippen LogP contribution in [0.2, 0.25) is 0 Å². The lowest BCUT2D eigenvalue weighted by Gasteiger charge is -2.25. The smallest absolute Gasteiger partial charge is 0.326 e. The number of amides is 3. The molecule has 0 rings (SSSR count). The maximum Gasteiger partial charge on any atom is 0.326 e. The highest BCUT2D eigenvalue weighted by Gasteiger charge is 2.30. The summed E-state index contributed by atoms with van der Waals surface area (Å²) in [5.74, 6) is -5.29. The minimum absolute atomic E-state index is 0.0806. The zero-order valence-electron chi connectivity index (χ0n) is 15.3. The van der Waals surface area contributed by atoms with Crippen LogP contribution in [0.5, 0.6) is 0 Å². The van der Waals surface area contributed by atoms with Crippen LogP contribution in [0.15, 0.2) is 0 Å². The fourth-order valence-electron chi connectivity index (χ4n) is 1.92. The summed E-state index contributed by atoms with van der Waals surface area (Å²) in [4.78, 5) is 57.9. The van der Waals surface area contributed by atoms with Crippen LogP contribution in [0.4, 0.5) is 0 Å². The van der Waals surface area contributed by atoms with E-state index in [1.807, 2.05) is 5.32 Å². The number of thiol groups is 1. The Labute approximate surface area is 161 Å². The molecule has 4 unspecified atom stereocenters. The summed E-state index contributed by atoms with van der Waals surface area (Å²) >= 11 is 3.91. The van der Waals surface area contributed by atoms with Crippen molar-refractivity contribution in [1.82, 2.24) is 16.0 Å². The van der Waals surface area contributed by atoms with Crippen molar-refractivity contribution in [1.29, 1.82) is 0 Å². The topological polar surface area (TPSA) is 188 Å². The summed E-state index contributed by atoms with van der Waals surface area (Å²) in [5.41, 5.74) is 5.55. The lowest BCUT2D eigenvalue weighted by Crippen LogP contribution is -2.58. The zero-order chi connectivity index (χ0) is 21.3. The molecule has 0 aromatic heterocycles. The van der Waals surface area contributed by atoms with E-state index in [4.69, 9.17) is 15.9 Å². The van der Waals surface area contributed by atoms with Crippen molar-refractivity contribution in [3.05, 3.63) is 0 Å². The number of carboxylic acid groups (broad SMARTS) is 2. The molecule has 0 aliphatic heterocycles. The molecule has 0 heterocycles. The van der Waals surface area contributed by atoms with Crippen molar-refractivity contribution >= 4 is 42.3 Å². The number of carbonyl (C=O) groups is 5. The molecule has 12 heteroatoms. The monoisotopic (exact) mass is 406 g/mol.